The number of imide groups is 1. The molecule has 0 N–H and O–H groups in total. The summed E-state index contributed by atoms with van der Waals surface area (Å²) in [4.78, 5) is 40.5. The van der Waals surface area contributed by atoms with Crippen LogP contribution >= 0.6 is 0 Å². The van der Waals surface area contributed by atoms with Crippen molar-refractivity contribution in [3.05, 3.63) is 78.1 Å². The Balaban J connectivity index is 1.89. The Morgan fingerprint density at radius 2 is 1.86 bits per heavy atom. The number of amides is 3. The van der Waals surface area contributed by atoms with E-state index in [4.69, 9.17) is 5.26 Å². The number of hydrogen-bond donors (Lipinski definition) is 0. The van der Waals surface area contributed by atoms with E-state index < -0.39 is 29.6 Å². The highest BCUT2D eigenvalue weighted by Gasteiger charge is 2.44. The van der Waals surface area contributed by atoms with E-state index in [2.05, 4.69) is 6.58 Å². The molecule has 0 spiro atoms. The van der Waals surface area contributed by atoms with E-state index in [1.54, 1.807) is 0 Å². The average molecular weight is 377 g/mol. The van der Waals surface area contributed by atoms with Crippen molar-refractivity contribution in [2.45, 2.75) is 12.5 Å². The number of nitriles is 1. The highest BCUT2D eigenvalue weighted by Crippen LogP contribution is 2.27. The van der Waals surface area contributed by atoms with Crippen LogP contribution in [0, 0.1) is 17.1 Å². The number of rotatable bonds is 5. The highest BCUT2D eigenvalue weighted by molar-refractivity contribution is 6.23. The predicted octanol–water partition coefficient (Wildman–Crippen LogP) is 2.66. The Kier molecular flexibility index (Phi) is 5.32. The zero-order chi connectivity index (χ0) is 20.3. The Morgan fingerprint density at radius 3 is 2.43 bits per heavy atom. The van der Waals surface area contributed by atoms with Crippen molar-refractivity contribution < 1.29 is 18.8 Å². The van der Waals surface area contributed by atoms with Crippen LogP contribution in [-0.4, -0.2) is 35.2 Å². The van der Waals surface area contributed by atoms with E-state index in [1.165, 1.54) is 47.4 Å². The third-order valence-electron chi connectivity index (χ3n) is 4.43. The molecule has 1 aliphatic heterocycles. The third-order valence-corrected chi connectivity index (χ3v) is 4.43. The molecule has 0 aromatic heterocycles. The summed E-state index contributed by atoms with van der Waals surface area (Å²) in [6.07, 6.45) is 1.29. The Bertz CT molecular complexity index is 977. The van der Waals surface area contributed by atoms with Crippen LogP contribution in [0.25, 0.3) is 0 Å². The second-order valence-electron chi connectivity index (χ2n) is 6.20. The number of anilines is 1. The Morgan fingerprint density at radius 1 is 1.21 bits per heavy atom. The van der Waals surface area contributed by atoms with Crippen molar-refractivity contribution in [2.24, 2.45) is 0 Å². The molecule has 3 amide bonds. The topological polar surface area (TPSA) is 81.5 Å². The van der Waals surface area contributed by atoms with Crippen LogP contribution in [0.2, 0.25) is 0 Å². The van der Waals surface area contributed by atoms with Gasteiger partial charge in [-0.2, -0.15) is 5.26 Å². The van der Waals surface area contributed by atoms with Crippen molar-refractivity contribution in [3.8, 4) is 6.07 Å². The number of carbonyl (C=O) groups excluding carboxylic acids is 3. The van der Waals surface area contributed by atoms with E-state index in [0.29, 0.717) is 11.3 Å². The quantitative estimate of drug-likeness (QED) is 0.593. The van der Waals surface area contributed by atoms with E-state index in [1.807, 2.05) is 6.07 Å². The molecule has 1 aliphatic rings. The maximum atomic E-state index is 13.1. The van der Waals surface area contributed by atoms with Crippen LogP contribution < -0.4 is 4.90 Å². The Labute approximate surface area is 161 Å². The Hall–Kier alpha value is -3.79. The summed E-state index contributed by atoms with van der Waals surface area (Å²) in [5.41, 5.74) is 0.948. The van der Waals surface area contributed by atoms with E-state index in [-0.39, 0.29) is 18.5 Å². The number of nitrogens with zero attached hydrogens (tertiary/aromatic N) is 3. The van der Waals surface area contributed by atoms with Gasteiger partial charge in [-0.1, -0.05) is 6.08 Å². The van der Waals surface area contributed by atoms with E-state index in [9.17, 15) is 18.8 Å². The van der Waals surface area contributed by atoms with Gasteiger partial charge in [0.1, 0.15) is 11.9 Å². The van der Waals surface area contributed by atoms with Crippen molar-refractivity contribution in [3.63, 3.8) is 0 Å². The molecule has 3 rings (SSSR count). The van der Waals surface area contributed by atoms with Crippen molar-refractivity contribution in [2.75, 3.05) is 11.4 Å². The van der Waals surface area contributed by atoms with Crippen LogP contribution in [0.1, 0.15) is 22.3 Å². The molecule has 28 heavy (non-hydrogen) atoms. The van der Waals surface area contributed by atoms with Gasteiger partial charge in [0, 0.05) is 12.1 Å². The lowest BCUT2D eigenvalue weighted by atomic mass is 10.1. The van der Waals surface area contributed by atoms with Crippen LogP contribution in [0.5, 0.6) is 0 Å². The largest absolute Gasteiger partial charge is 0.322 e. The molecule has 1 fully saturated rings. The summed E-state index contributed by atoms with van der Waals surface area (Å²) in [5.74, 6) is -1.95. The smallest absolute Gasteiger partial charge is 0.257 e. The first-order chi connectivity index (χ1) is 13.5. The molecule has 1 atom stereocenters. The molecular formula is C21H16FN3O3. The number of hydrogen-bond acceptors (Lipinski definition) is 4. The summed E-state index contributed by atoms with van der Waals surface area (Å²) >= 11 is 0. The number of carbonyl (C=O) groups is 3. The van der Waals surface area contributed by atoms with Gasteiger partial charge in [-0.25, -0.2) is 9.29 Å². The van der Waals surface area contributed by atoms with Gasteiger partial charge in [0.15, 0.2) is 0 Å². The molecule has 2 aromatic rings. The first-order valence-corrected chi connectivity index (χ1v) is 8.50. The minimum Gasteiger partial charge on any atom is -0.322 e. The van der Waals surface area contributed by atoms with Gasteiger partial charge in [-0.05, 0) is 48.5 Å². The number of halogens is 1. The molecular weight excluding hydrogens is 361 g/mol. The molecule has 2 aromatic carbocycles. The zero-order valence-electron chi connectivity index (χ0n) is 14.8. The lowest BCUT2D eigenvalue weighted by molar-refractivity contribution is -0.122. The molecule has 1 unspecified atom stereocenters. The summed E-state index contributed by atoms with van der Waals surface area (Å²) in [6, 6.07) is 12.0. The lowest BCUT2D eigenvalue weighted by Gasteiger charge is -2.26. The first-order valence-electron chi connectivity index (χ1n) is 8.50. The standard InChI is InChI=1S/C21H16FN3O3/c1-2-11-24(20(27)15-5-7-16(22)8-6-15)18-12-19(26)25(21(18)28)17-9-3-14(13-23)4-10-17/h2-10,18H,1,11-12H2. The summed E-state index contributed by atoms with van der Waals surface area (Å²) in [5, 5.41) is 8.88. The fourth-order valence-corrected chi connectivity index (χ4v) is 3.06. The summed E-state index contributed by atoms with van der Waals surface area (Å²) in [7, 11) is 0. The van der Waals surface area contributed by atoms with Gasteiger partial charge in [-0.15, -0.1) is 6.58 Å². The van der Waals surface area contributed by atoms with E-state index in [0.717, 1.165) is 17.0 Å². The maximum Gasteiger partial charge on any atom is 0.257 e. The zero-order valence-corrected chi connectivity index (χ0v) is 14.8. The van der Waals surface area contributed by atoms with Crippen LogP contribution in [0.3, 0.4) is 0 Å². The molecule has 1 heterocycles. The molecule has 6 nitrogen and oxygen atoms in total. The molecule has 1 saturated heterocycles. The van der Waals surface area contributed by atoms with Gasteiger partial charge in [0.05, 0.1) is 23.7 Å². The van der Waals surface area contributed by atoms with Gasteiger partial charge in [0.25, 0.3) is 11.8 Å². The number of benzene rings is 2. The normalized spacial score (nSPS) is 16.0. The van der Waals surface area contributed by atoms with Crippen LogP contribution in [0.4, 0.5) is 10.1 Å². The first kappa shape index (κ1) is 19.0. The highest BCUT2D eigenvalue weighted by atomic mass is 19.1. The second kappa shape index (κ2) is 7.84. The molecule has 0 aliphatic carbocycles. The summed E-state index contributed by atoms with van der Waals surface area (Å²) in [6.45, 7) is 3.66. The molecule has 0 radical (unpaired) electrons. The van der Waals surface area contributed by atoms with Gasteiger partial charge < -0.3 is 4.90 Å². The van der Waals surface area contributed by atoms with Gasteiger partial charge >= 0.3 is 0 Å². The fraction of sp³-hybridized carbons (Fsp3) is 0.143. The fourth-order valence-electron chi connectivity index (χ4n) is 3.06. The average Bonchev–Trinajstić information content (AvgIpc) is 3.00. The predicted molar refractivity (Wildman–Crippen MR) is 99.7 cm³/mol. The van der Waals surface area contributed by atoms with Crippen LogP contribution in [-0.2, 0) is 9.59 Å². The minimum atomic E-state index is -0.987. The van der Waals surface area contributed by atoms with E-state index >= 15 is 0 Å². The van der Waals surface area contributed by atoms with Crippen LogP contribution in [0.15, 0.2) is 61.2 Å². The van der Waals surface area contributed by atoms with Crippen molar-refractivity contribution in [1.29, 1.82) is 5.26 Å². The minimum absolute atomic E-state index is 0.0567. The second-order valence-corrected chi connectivity index (χ2v) is 6.20. The van der Waals surface area contributed by atoms with Gasteiger partial charge in [0.2, 0.25) is 5.91 Å². The summed E-state index contributed by atoms with van der Waals surface area (Å²) < 4.78 is 13.1. The van der Waals surface area contributed by atoms with Crippen molar-refractivity contribution in [1.82, 2.24) is 4.90 Å². The molecule has 0 bridgehead atoms. The third kappa shape index (κ3) is 3.53. The molecule has 140 valence electrons. The van der Waals surface area contributed by atoms with Gasteiger partial charge in [-0.3, -0.25) is 14.4 Å². The molecule has 0 saturated carbocycles. The van der Waals surface area contributed by atoms with Crippen molar-refractivity contribution >= 4 is 23.4 Å². The molecule has 7 heteroatoms. The maximum absolute atomic E-state index is 13.1. The SMILES string of the molecule is C=CCN(C(=O)c1ccc(F)cc1)C1CC(=O)N(c2ccc(C#N)cc2)C1=O. The monoisotopic (exact) mass is 377 g/mol. The lowest BCUT2D eigenvalue weighted by Crippen LogP contribution is -2.45.